The molecule has 0 aliphatic heterocycles. The van der Waals surface area contributed by atoms with E-state index < -0.39 is 23.6 Å². The van der Waals surface area contributed by atoms with Gasteiger partial charge in [-0.05, 0) is 56.3 Å². The Bertz CT molecular complexity index is 1170. The topological polar surface area (TPSA) is 76.5 Å². The second-order valence-electron chi connectivity index (χ2n) is 7.40. The van der Waals surface area contributed by atoms with Crippen molar-refractivity contribution in [3.05, 3.63) is 71.0 Å². The molecule has 33 heavy (non-hydrogen) atoms. The van der Waals surface area contributed by atoms with E-state index in [9.17, 15) is 22.8 Å². The van der Waals surface area contributed by atoms with Gasteiger partial charge in [0.25, 0.3) is 5.91 Å². The lowest BCUT2D eigenvalue weighted by molar-refractivity contribution is -0.136. The summed E-state index contributed by atoms with van der Waals surface area (Å²) in [6.07, 6.45) is -3.24. The molecule has 1 heterocycles. The largest absolute Gasteiger partial charge is 0.462 e. The number of ether oxygens (including phenoxy) is 1. The predicted octanol–water partition coefficient (Wildman–Crippen LogP) is 4.69. The van der Waals surface area contributed by atoms with Crippen molar-refractivity contribution in [3.63, 3.8) is 0 Å². The van der Waals surface area contributed by atoms with E-state index in [2.05, 4.69) is 10.4 Å². The summed E-state index contributed by atoms with van der Waals surface area (Å²) in [5, 5.41) is 6.52. The van der Waals surface area contributed by atoms with Gasteiger partial charge >= 0.3 is 12.1 Å². The molecule has 0 bridgehead atoms. The Balaban J connectivity index is 1.83. The van der Waals surface area contributed by atoms with Crippen LogP contribution in [-0.2, 0) is 10.9 Å². The first-order chi connectivity index (χ1) is 15.5. The highest BCUT2D eigenvalue weighted by molar-refractivity contribution is 6.05. The lowest BCUT2D eigenvalue weighted by Gasteiger charge is -2.18. The Morgan fingerprint density at radius 3 is 2.36 bits per heavy atom. The predicted molar refractivity (Wildman–Crippen MR) is 118 cm³/mol. The Morgan fingerprint density at radius 2 is 1.79 bits per heavy atom. The zero-order chi connectivity index (χ0) is 24.3. The van der Waals surface area contributed by atoms with E-state index >= 15 is 0 Å². The second kappa shape index (κ2) is 9.35. The molecule has 174 valence electrons. The second-order valence-corrected chi connectivity index (χ2v) is 7.40. The third-order valence-corrected chi connectivity index (χ3v) is 4.95. The molecule has 0 aliphatic carbocycles. The Kier molecular flexibility index (Phi) is 6.75. The van der Waals surface area contributed by atoms with Crippen LogP contribution < -0.4 is 10.2 Å². The maximum atomic E-state index is 13.5. The highest BCUT2D eigenvalue weighted by Crippen LogP contribution is 2.37. The molecule has 0 saturated heterocycles. The highest BCUT2D eigenvalue weighted by atomic mass is 19.4. The normalized spacial score (nSPS) is 11.2. The summed E-state index contributed by atoms with van der Waals surface area (Å²) in [7, 11) is 3.26. The van der Waals surface area contributed by atoms with Crippen molar-refractivity contribution < 1.29 is 27.5 Å². The van der Waals surface area contributed by atoms with Crippen LogP contribution in [0, 0.1) is 6.92 Å². The van der Waals surface area contributed by atoms with Crippen LogP contribution in [0.15, 0.2) is 48.7 Å². The van der Waals surface area contributed by atoms with Crippen LogP contribution in [0.1, 0.15) is 38.9 Å². The summed E-state index contributed by atoms with van der Waals surface area (Å²) in [4.78, 5) is 26.1. The van der Waals surface area contributed by atoms with Crippen LogP contribution in [0.3, 0.4) is 0 Å². The summed E-state index contributed by atoms with van der Waals surface area (Å²) in [6, 6.07) is 9.83. The van der Waals surface area contributed by atoms with Crippen molar-refractivity contribution in [1.29, 1.82) is 0 Å². The summed E-state index contributed by atoms with van der Waals surface area (Å²) >= 11 is 0. The number of nitrogens with one attached hydrogen (secondary N) is 1. The molecular formula is C23H23F3N4O3. The summed E-state index contributed by atoms with van der Waals surface area (Å²) in [6.45, 7) is 3.65. The minimum absolute atomic E-state index is 0.166. The van der Waals surface area contributed by atoms with Crippen molar-refractivity contribution in [2.24, 2.45) is 0 Å². The average molecular weight is 460 g/mol. The third kappa shape index (κ3) is 5.16. The van der Waals surface area contributed by atoms with Gasteiger partial charge in [-0.25, -0.2) is 9.48 Å². The standard InChI is InChI=1S/C23H23F3N4O3/c1-5-33-22(32)18-13-27-30(14(18)2)16-8-6-15(7-9-16)21(31)28-20-11-10-17(29(3)4)12-19(20)23(24,25)26/h6-13H,5H2,1-4H3,(H,28,31). The monoisotopic (exact) mass is 460 g/mol. The van der Waals surface area contributed by atoms with Crippen LogP contribution >= 0.6 is 0 Å². The fourth-order valence-corrected chi connectivity index (χ4v) is 3.18. The van der Waals surface area contributed by atoms with Crippen molar-refractivity contribution in [1.82, 2.24) is 9.78 Å². The van der Waals surface area contributed by atoms with Gasteiger partial charge in [-0.15, -0.1) is 0 Å². The Morgan fingerprint density at radius 1 is 1.12 bits per heavy atom. The molecule has 1 amide bonds. The van der Waals surface area contributed by atoms with Crippen LogP contribution in [0.5, 0.6) is 0 Å². The Labute approximate surface area is 188 Å². The fourth-order valence-electron chi connectivity index (χ4n) is 3.18. The molecule has 7 nitrogen and oxygen atoms in total. The molecule has 0 fully saturated rings. The van der Waals surface area contributed by atoms with Gasteiger partial charge in [0, 0.05) is 25.3 Å². The van der Waals surface area contributed by atoms with Crippen LogP contribution in [0.4, 0.5) is 24.5 Å². The summed E-state index contributed by atoms with van der Waals surface area (Å²) in [5.74, 6) is -1.17. The number of carbonyl (C=O) groups is 2. The molecular weight excluding hydrogens is 437 g/mol. The maximum absolute atomic E-state index is 13.5. The number of halogens is 3. The molecule has 3 aromatic rings. The molecule has 0 spiro atoms. The number of hydrogen-bond donors (Lipinski definition) is 1. The van der Waals surface area contributed by atoms with Crippen LogP contribution in [-0.4, -0.2) is 42.4 Å². The minimum Gasteiger partial charge on any atom is -0.462 e. The molecule has 0 unspecified atom stereocenters. The molecule has 0 radical (unpaired) electrons. The van der Waals surface area contributed by atoms with Gasteiger partial charge in [-0.2, -0.15) is 18.3 Å². The Hall–Kier alpha value is -3.82. The number of aromatic nitrogens is 2. The molecule has 0 aliphatic rings. The lowest BCUT2D eigenvalue weighted by atomic mass is 10.1. The molecule has 0 atom stereocenters. The summed E-state index contributed by atoms with van der Waals surface area (Å²) < 4.78 is 47.1. The van der Waals surface area contributed by atoms with Gasteiger partial charge in [-0.3, -0.25) is 4.79 Å². The smallest absolute Gasteiger partial charge is 0.418 e. The van der Waals surface area contributed by atoms with E-state index in [1.54, 1.807) is 45.0 Å². The van der Waals surface area contributed by atoms with Gasteiger partial charge in [-0.1, -0.05) is 0 Å². The number of amides is 1. The highest BCUT2D eigenvalue weighted by Gasteiger charge is 2.34. The average Bonchev–Trinajstić information content (AvgIpc) is 3.14. The van der Waals surface area contributed by atoms with Crippen molar-refractivity contribution in [2.75, 3.05) is 30.9 Å². The molecule has 1 aromatic heterocycles. The number of rotatable bonds is 6. The molecule has 0 saturated carbocycles. The first-order valence-corrected chi connectivity index (χ1v) is 10.0. The van der Waals surface area contributed by atoms with E-state index in [0.29, 0.717) is 22.6 Å². The maximum Gasteiger partial charge on any atom is 0.418 e. The number of benzene rings is 2. The van der Waals surface area contributed by atoms with E-state index in [0.717, 1.165) is 6.07 Å². The van der Waals surface area contributed by atoms with Gasteiger partial charge in [0.2, 0.25) is 0 Å². The van der Waals surface area contributed by atoms with Crippen LogP contribution in [0.2, 0.25) is 0 Å². The first kappa shape index (κ1) is 23.8. The van der Waals surface area contributed by atoms with Gasteiger partial charge in [0.05, 0.1) is 35.4 Å². The van der Waals surface area contributed by atoms with E-state index in [-0.39, 0.29) is 17.9 Å². The van der Waals surface area contributed by atoms with Gasteiger partial charge in [0.1, 0.15) is 5.56 Å². The SMILES string of the molecule is CCOC(=O)c1cnn(-c2ccc(C(=O)Nc3ccc(N(C)C)cc3C(F)(F)F)cc2)c1C. The molecule has 1 N–H and O–H groups in total. The van der Waals surface area contributed by atoms with Crippen molar-refractivity contribution in [3.8, 4) is 5.69 Å². The number of anilines is 2. The number of esters is 1. The first-order valence-electron chi connectivity index (χ1n) is 10.0. The minimum atomic E-state index is -4.63. The van der Waals surface area contributed by atoms with E-state index in [4.69, 9.17) is 4.74 Å². The van der Waals surface area contributed by atoms with E-state index in [1.165, 1.54) is 35.1 Å². The van der Waals surface area contributed by atoms with Crippen molar-refractivity contribution in [2.45, 2.75) is 20.0 Å². The summed E-state index contributed by atoms with van der Waals surface area (Å²) in [5.41, 5.74) is 0.717. The lowest BCUT2D eigenvalue weighted by Crippen LogP contribution is -2.18. The van der Waals surface area contributed by atoms with Crippen LogP contribution in [0.25, 0.3) is 5.69 Å². The van der Waals surface area contributed by atoms with Gasteiger partial charge < -0.3 is 15.0 Å². The number of hydrogen-bond acceptors (Lipinski definition) is 5. The zero-order valence-corrected chi connectivity index (χ0v) is 18.5. The zero-order valence-electron chi connectivity index (χ0n) is 18.5. The quantitative estimate of drug-likeness (QED) is 0.540. The van der Waals surface area contributed by atoms with E-state index in [1.807, 2.05) is 0 Å². The van der Waals surface area contributed by atoms with Crippen molar-refractivity contribution >= 4 is 23.3 Å². The fraction of sp³-hybridized carbons (Fsp3) is 0.261. The third-order valence-electron chi connectivity index (χ3n) is 4.95. The molecule has 10 heteroatoms. The number of carbonyl (C=O) groups excluding carboxylic acids is 2. The number of alkyl halides is 3. The molecule has 3 rings (SSSR count). The molecule has 2 aromatic carbocycles. The number of nitrogens with zero attached hydrogens (tertiary/aromatic N) is 3. The van der Waals surface area contributed by atoms with Gasteiger partial charge in [0.15, 0.2) is 0 Å².